The SMILES string of the molecule is Cl.Cn1cc(Br)cc1C(=O)NCCC1CCNC1. The van der Waals surface area contributed by atoms with E-state index < -0.39 is 0 Å². The van der Waals surface area contributed by atoms with Crippen molar-refractivity contribution in [1.82, 2.24) is 15.2 Å². The van der Waals surface area contributed by atoms with Crippen molar-refractivity contribution in [2.45, 2.75) is 12.8 Å². The van der Waals surface area contributed by atoms with E-state index in [-0.39, 0.29) is 18.3 Å². The molecule has 0 aromatic carbocycles. The molecule has 1 aromatic heterocycles. The minimum Gasteiger partial charge on any atom is -0.351 e. The second-order valence-electron chi connectivity index (χ2n) is 4.56. The van der Waals surface area contributed by atoms with E-state index in [1.54, 1.807) is 0 Å². The highest BCUT2D eigenvalue weighted by Gasteiger charge is 2.15. The molecule has 102 valence electrons. The van der Waals surface area contributed by atoms with Crippen LogP contribution in [0.5, 0.6) is 0 Å². The molecule has 1 unspecified atom stereocenters. The van der Waals surface area contributed by atoms with Gasteiger partial charge in [0, 0.05) is 24.3 Å². The molecule has 0 spiro atoms. The van der Waals surface area contributed by atoms with Crippen LogP contribution >= 0.6 is 28.3 Å². The van der Waals surface area contributed by atoms with Crippen molar-refractivity contribution in [3.63, 3.8) is 0 Å². The van der Waals surface area contributed by atoms with Crippen LogP contribution in [0.25, 0.3) is 0 Å². The third-order valence-electron chi connectivity index (χ3n) is 3.20. The van der Waals surface area contributed by atoms with Crippen LogP contribution in [0.3, 0.4) is 0 Å². The molecule has 0 saturated carbocycles. The minimum atomic E-state index is 0. The van der Waals surface area contributed by atoms with Gasteiger partial charge in [0.2, 0.25) is 0 Å². The fourth-order valence-corrected chi connectivity index (χ4v) is 2.72. The molecule has 2 rings (SSSR count). The van der Waals surface area contributed by atoms with E-state index in [0.717, 1.165) is 36.4 Å². The fourth-order valence-electron chi connectivity index (χ4n) is 2.19. The molecule has 2 heterocycles. The highest BCUT2D eigenvalue weighted by Crippen LogP contribution is 2.14. The second kappa shape index (κ2) is 7.16. The molecule has 2 N–H and O–H groups in total. The molecule has 0 radical (unpaired) electrons. The zero-order chi connectivity index (χ0) is 12.3. The van der Waals surface area contributed by atoms with Gasteiger partial charge < -0.3 is 15.2 Å². The Balaban J connectivity index is 0.00000162. The minimum absolute atomic E-state index is 0. The van der Waals surface area contributed by atoms with Crippen LogP contribution in [0.15, 0.2) is 16.7 Å². The van der Waals surface area contributed by atoms with Gasteiger partial charge in [0.15, 0.2) is 0 Å². The van der Waals surface area contributed by atoms with Crippen LogP contribution in [0.4, 0.5) is 0 Å². The molecule has 1 aliphatic heterocycles. The number of carbonyl (C=O) groups is 1. The van der Waals surface area contributed by atoms with Gasteiger partial charge in [-0.15, -0.1) is 12.4 Å². The van der Waals surface area contributed by atoms with E-state index in [1.807, 2.05) is 23.9 Å². The monoisotopic (exact) mass is 335 g/mol. The van der Waals surface area contributed by atoms with Gasteiger partial charge in [-0.25, -0.2) is 0 Å². The summed E-state index contributed by atoms with van der Waals surface area (Å²) in [6, 6.07) is 1.84. The Kier molecular flexibility index (Phi) is 6.18. The van der Waals surface area contributed by atoms with Crippen LogP contribution in [0, 0.1) is 5.92 Å². The van der Waals surface area contributed by atoms with Gasteiger partial charge in [-0.2, -0.15) is 0 Å². The van der Waals surface area contributed by atoms with Crippen LogP contribution in [-0.2, 0) is 7.05 Å². The normalized spacial score (nSPS) is 18.4. The van der Waals surface area contributed by atoms with Gasteiger partial charge in [-0.3, -0.25) is 4.79 Å². The number of halogens is 2. The van der Waals surface area contributed by atoms with Gasteiger partial charge >= 0.3 is 0 Å². The molecular formula is C12H19BrClN3O. The third-order valence-corrected chi connectivity index (χ3v) is 3.64. The summed E-state index contributed by atoms with van der Waals surface area (Å²) in [5, 5.41) is 6.30. The van der Waals surface area contributed by atoms with Gasteiger partial charge in [0.05, 0.1) is 0 Å². The Morgan fingerprint density at radius 3 is 3.00 bits per heavy atom. The molecule has 1 aliphatic rings. The van der Waals surface area contributed by atoms with Crippen molar-refractivity contribution in [1.29, 1.82) is 0 Å². The molecule has 18 heavy (non-hydrogen) atoms. The molecule has 0 aliphatic carbocycles. The lowest BCUT2D eigenvalue weighted by molar-refractivity contribution is 0.0943. The number of aryl methyl sites for hydroxylation is 1. The summed E-state index contributed by atoms with van der Waals surface area (Å²) in [5.74, 6) is 0.722. The summed E-state index contributed by atoms with van der Waals surface area (Å²) in [7, 11) is 1.88. The molecule has 4 nitrogen and oxygen atoms in total. The Morgan fingerprint density at radius 2 is 2.44 bits per heavy atom. The van der Waals surface area contributed by atoms with E-state index in [1.165, 1.54) is 6.42 Å². The maximum Gasteiger partial charge on any atom is 0.267 e. The number of nitrogens with zero attached hydrogens (tertiary/aromatic N) is 1. The molecule has 1 amide bonds. The van der Waals surface area contributed by atoms with Crippen molar-refractivity contribution in [2.24, 2.45) is 13.0 Å². The number of amides is 1. The van der Waals surface area contributed by atoms with Gasteiger partial charge in [-0.05, 0) is 53.8 Å². The largest absolute Gasteiger partial charge is 0.351 e. The lowest BCUT2D eigenvalue weighted by Crippen LogP contribution is -2.27. The first kappa shape index (κ1) is 15.5. The predicted molar refractivity (Wildman–Crippen MR) is 78.3 cm³/mol. The maximum atomic E-state index is 11.9. The standard InChI is InChI=1S/C12H18BrN3O.ClH/c1-16-8-10(13)6-11(16)12(17)15-5-3-9-2-4-14-7-9;/h6,8-9,14H,2-5,7H2,1H3,(H,15,17);1H. The van der Waals surface area contributed by atoms with Crippen molar-refractivity contribution in [2.75, 3.05) is 19.6 Å². The lowest BCUT2D eigenvalue weighted by Gasteiger charge is -2.09. The van der Waals surface area contributed by atoms with Crippen LogP contribution < -0.4 is 10.6 Å². The number of carbonyl (C=O) groups excluding carboxylic acids is 1. The molecular weight excluding hydrogens is 318 g/mol. The van der Waals surface area contributed by atoms with Gasteiger partial charge in [-0.1, -0.05) is 0 Å². The summed E-state index contributed by atoms with van der Waals surface area (Å²) in [6.07, 6.45) is 4.17. The average Bonchev–Trinajstić information content (AvgIpc) is 2.88. The second-order valence-corrected chi connectivity index (χ2v) is 5.47. The van der Waals surface area contributed by atoms with Crippen molar-refractivity contribution in [3.8, 4) is 0 Å². The van der Waals surface area contributed by atoms with Crippen LogP contribution in [-0.4, -0.2) is 30.1 Å². The number of rotatable bonds is 4. The number of aromatic nitrogens is 1. The van der Waals surface area contributed by atoms with E-state index in [0.29, 0.717) is 5.69 Å². The first-order valence-corrected chi connectivity index (χ1v) is 6.77. The molecule has 6 heteroatoms. The number of hydrogen-bond acceptors (Lipinski definition) is 2. The summed E-state index contributed by atoms with van der Waals surface area (Å²) < 4.78 is 2.77. The molecule has 1 fully saturated rings. The molecule has 1 atom stereocenters. The van der Waals surface area contributed by atoms with Crippen molar-refractivity contribution in [3.05, 3.63) is 22.4 Å². The Morgan fingerprint density at radius 1 is 1.67 bits per heavy atom. The Hall–Kier alpha value is -0.520. The lowest BCUT2D eigenvalue weighted by atomic mass is 10.1. The Labute approximate surface area is 122 Å². The van der Waals surface area contributed by atoms with Gasteiger partial charge in [0.1, 0.15) is 5.69 Å². The molecule has 1 aromatic rings. The number of hydrogen-bond donors (Lipinski definition) is 2. The van der Waals surface area contributed by atoms with Crippen molar-refractivity contribution < 1.29 is 4.79 Å². The topological polar surface area (TPSA) is 46.1 Å². The van der Waals surface area contributed by atoms with E-state index in [9.17, 15) is 4.79 Å². The first-order valence-electron chi connectivity index (χ1n) is 5.97. The zero-order valence-electron chi connectivity index (χ0n) is 10.4. The van der Waals surface area contributed by atoms with Crippen LogP contribution in [0.2, 0.25) is 0 Å². The summed E-state index contributed by atoms with van der Waals surface area (Å²) in [5.41, 5.74) is 0.696. The van der Waals surface area contributed by atoms with Crippen molar-refractivity contribution >= 4 is 34.2 Å². The average molecular weight is 337 g/mol. The third kappa shape index (κ3) is 4.00. The fraction of sp³-hybridized carbons (Fsp3) is 0.583. The quantitative estimate of drug-likeness (QED) is 0.882. The van der Waals surface area contributed by atoms with E-state index in [4.69, 9.17) is 0 Å². The van der Waals surface area contributed by atoms with Crippen LogP contribution in [0.1, 0.15) is 23.3 Å². The van der Waals surface area contributed by atoms with Gasteiger partial charge in [0.25, 0.3) is 5.91 Å². The molecule has 0 bridgehead atoms. The summed E-state index contributed by atoms with van der Waals surface area (Å²) in [6.45, 7) is 2.96. The number of nitrogens with one attached hydrogen (secondary N) is 2. The predicted octanol–water partition coefficient (Wildman–Crippen LogP) is 1.94. The molecule has 1 saturated heterocycles. The van der Waals surface area contributed by atoms with E-state index in [2.05, 4.69) is 26.6 Å². The maximum absolute atomic E-state index is 11.9. The highest BCUT2D eigenvalue weighted by atomic mass is 79.9. The summed E-state index contributed by atoms with van der Waals surface area (Å²) in [4.78, 5) is 11.9. The highest BCUT2D eigenvalue weighted by molar-refractivity contribution is 9.10. The first-order chi connectivity index (χ1) is 8.16. The summed E-state index contributed by atoms with van der Waals surface area (Å²) >= 11 is 3.36. The van der Waals surface area contributed by atoms with E-state index >= 15 is 0 Å². The Bertz CT molecular complexity index is 402. The zero-order valence-corrected chi connectivity index (χ0v) is 12.8. The smallest absolute Gasteiger partial charge is 0.267 e.